The number of hydrogen-bond donors (Lipinski definition) is 3. The van der Waals surface area contributed by atoms with E-state index in [2.05, 4.69) is 27.8 Å². The molecule has 0 fully saturated rings. The zero-order valence-corrected chi connectivity index (χ0v) is 20.7. The molecule has 1 aliphatic rings. The maximum absolute atomic E-state index is 12.7. The molecule has 0 bridgehead atoms. The molecule has 2 amide bonds. The Morgan fingerprint density at radius 2 is 1.57 bits per heavy atom. The molecule has 2 aromatic carbocycles. The second-order valence-electron chi connectivity index (χ2n) is 9.50. The molecule has 0 spiro atoms. The second-order valence-corrected chi connectivity index (χ2v) is 10.4. The van der Waals surface area contributed by atoms with Crippen molar-refractivity contribution >= 4 is 34.4 Å². The molecule has 182 valence electrons. The van der Waals surface area contributed by atoms with Crippen LogP contribution >= 0.6 is 11.3 Å². The first-order valence-electron chi connectivity index (χ1n) is 11.1. The molecule has 9 heteroatoms. The van der Waals surface area contributed by atoms with Crippen molar-refractivity contribution in [2.75, 3.05) is 11.9 Å². The SMILES string of the molecule is CC(C)(NC(=O)c1csc(NC(=O)OCC2c3ccccc3-c3ccccc32)n1)C(C)(C)C(=O)O. The largest absolute Gasteiger partial charge is 0.481 e. The molecule has 3 N–H and O–H groups in total. The Balaban J connectivity index is 1.38. The number of aliphatic carboxylic acids is 1. The van der Waals surface area contributed by atoms with Crippen LogP contribution in [0, 0.1) is 5.41 Å². The molecule has 0 saturated carbocycles. The topological polar surface area (TPSA) is 118 Å². The number of benzene rings is 2. The summed E-state index contributed by atoms with van der Waals surface area (Å²) < 4.78 is 5.52. The molecule has 0 aliphatic heterocycles. The van der Waals surface area contributed by atoms with Gasteiger partial charge in [0, 0.05) is 11.3 Å². The molecule has 1 aromatic heterocycles. The van der Waals surface area contributed by atoms with Gasteiger partial charge in [0.05, 0.1) is 11.0 Å². The summed E-state index contributed by atoms with van der Waals surface area (Å²) in [5, 5.41) is 16.5. The highest BCUT2D eigenvalue weighted by Crippen LogP contribution is 2.44. The summed E-state index contributed by atoms with van der Waals surface area (Å²) >= 11 is 1.08. The van der Waals surface area contributed by atoms with Crippen molar-refractivity contribution in [1.29, 1.82) is 0 Å². The van der Waals surface area contributed by atoms with Crippen molar-refractivity contribution in [2.45, 2.75) is 39.2 Å². The van der Waals surface area contributed by atoms with Gasteiger partial charge in [-0.15, -0.1) is 11.3 Å². The molecular weight excluding hydrogens is 466 g/mol. The molecule has 4 rings (SSSR count). The predicted octanol–water partition coefficient (Wildman–Crippen LogP) is 5.12. The van der Waals surface area contributed by atoms with Crippen molar-refractivity contribution in [3.05, 3.63) is 70.7 Å². The van der Waals surface area contributed by atoms with Crippen molar-refractivity contribution in [3.8, 4) is 11.1 Å². The highest BCUT2D eigenvalue weighted by atomic mass is 32.1. The van der Waals surface area contributed by atoms with Crippen LogP contribution in [0.4, 0.5) is 9.93 Å². The van der Waals surface area contributed by atoms with E-state index in [1.165, 1.54) is 5.38 Å². The van der Waals surface area contributed by atoms with E-state index in [0.717, 1.165) is 33.6 Å². The van der Waals surface area contributed by atoms with Gasteiger partial charge in [0.1, 0.15) is 12.3 Å². The Morgan fingerprint density at radius 1 is 1.00 bits per heavy atom. The Bertz CT molecular complexity index is 1250. The summed E-state index contributed by atoms with van der Waals surface area (Å²) in [6.07, 6.45) is -0.666. The number of carboxylic acids is 1. The quantitative estimate of drug-likeness (QED) is 0.420. The fourth-order valence-electron chi connectivity index (χ4n) is 3.93. The highest BCUT2D eigenvalue weighted by Gasteiger charge is 2.44. The van der Waals surface area contributed by atoms with E-state index in [0.29, 0.717) is 0 Å². The lowest BCUT2D eigenvalue weighted by molar-refractivity contribution is -0.150. The van der Waals surface area contributed by atoms with Crippen molar-refractivity contribution < 1.29 is 24.2 Å². The van der Waals surface area contributed by atoms with Gasteiger partial charge in [-0.3, -0.25) is 14.9 Å². The summed E-state index contributed by atoms with van der Waals surface area (Å²) in [7, 11) is 0. The maximum Gasteiger partial charge on any atom is 0.413 e. The number of aromatic nitrogens is 1. The summed E-state index contributed by atoms with van der Waals surface area (Å²) in [6.45, 7) is 6.53. The van der Waals surface area contributed by atoms with E-state index < -0.39 is 28.9 Å². The Labute approximate surface area is 207 Å². The van der Waals surface area contributed by atoms with E-state index >= 15 is 0 Å². The number of rotatable bonds is 7. The molecule has 8 nitrogen and oxygen atoms in total. The summed E-state index contributed by atoms with van der Waals surface area (Å²) in [5.74, 6) is -1.62. The molecule has 0 saturated heterocycles. The number of thiazole rings is 1. The number of fused-ring (bicyclic) bond motifs is 3. The first-order valence-corrected chi connectivity index (χ1v) is 12.0. The molecule has 0 atom stereocenters. The lowest BCUT2D eigenvalue weighted by atomic mass is 9.74. The minimum absolute atomic E-state index is 0.0643. The lowest BCUT2D eigenvalue weighted by Crippen LogP contribution is -2.57. The van der Waals surface area contributed by atoms with Gasteiger partial charge in [0.25, 0.3) is 5.91 Å². The number of ether oxygens (including phenoxy) is 1. The highest BCUT2D eigenvalue weighted by molar-refractivity contribution is 7.14. The first-order chi connectivity index (χ1) is 16.5. The predicted molar refractivity (Wildman–Crippen MR) is 134 cm³/mol. The number of nitrogens with one attached hydrogen (secondary N) is 2. The fourth-order valence-corrected chi connectivity index (χ4v) is 4.61. The van der Waals surface area contributed by atoms with Crippen LogP contribution in [0.25, 0.3) is 11.1 Å². The van der Waals surface area contributed by atoms with Crippen LogP contribution in [0.15, 0.2) is 53.9 Å². The lowest BCUT2D eigenvalue weighted by Gasteiger charge is -2.38. The minimum atomic E-state index is -1.21. The van der Waals surface area contributed by atoms with Gasteiger partial charge < -0.3 is 15.2 Å². The summed E-state index contributed by atoms with van der Waals surface area (Å²) in [4.78, 5) is 40.9. The van der Waals surface area contributed by atoms with Crippen LogP contribution in [0.5, 0.6) is 0 Å². The number of anilines is 1. The monoisotopic (exact) mass is 493 g/mol. The van der Waals surface area contributed by atoms with Gasteiger partial charge in [-0.1, -0.05) is 48.5 Å². The van der Waals surface area contributed by atoms with Gasteiger partial charge in [0.15, 0.2) is 5.13 Å². The van der Waals surface area contributed by atoms with Gasteiger partial charge in [-0.05, 0) is 49.9 Å². The van der Waals surface area contributed by atoms with Crippen LogP contribution in [0.1, 0.15) is 55.2 Å². The van der Waals surface area contributed by atoms with Crippen LogP contribution < -0.4 is 10.6 Å². The first kappa shape index (κ1) is 24.4. The minimum Gasteiger partial charge on any atom is -0.481 e. The Morgan fingerprint density at radius 3 is 2.14 bits per heavy atom. The molecule has 35 heavy (non-hydrogen) atoms. The summed E-state index contributed by atoms with van der Waals surface area (Å²) in [6, 6.07) is 16.1. The van der Waals surface area contributed by atoms with E-state index in [-0.39, 0.29) is 23.4 Å². The molecule has 1 heterocycles. The average Bonchev–Trinajstić information content (AvgIpc) is 3.40. The van der Waals surface area contributed by atoms with Gasteiger partial charge >= 0.3 is 12.1 Å². The molecule has 0 radical (unpaired) electrons. The third kappa shape index (κ3) is 4.64. The van der Waals surface area contributed by atoms with Crippen LogP contribution in [0.2, 0.25) is 0 Å². The van der Waals surface area contributed by atoms with Crippen molar-refractivity contribution in [1.82, 2.24) is 10.3 Å². The van der Waals surface area contributed by atoms with Gasteiger partial charge in [-0.2, -0.15) is 0 Å². The molecule has 1 aliphatic carbocycles. The fraction of sp³-hybridized carbons (Fsp3) is 0.308. The number of carbonyl (C=O) groups excluding carboxylic acids is 2. The smallest absolute Gasteiger partial charge is 0.413 e. The van der Waals surface area contributed by atoms with Crippen LogP contribution in [-0.4, -0.2) is 40.2 Å². The van der Waals surface area contributed by atoms with E-state index in [9.17, 15) is 19.5 Å². The van der Waals surface area contributed by atoms with Crippen molar-refractivity contribution in [2.24, 2.45) is 5.41 Å². The normalized spacial score (nSPS) is 13.0. The third-order valence-electron chi connectivity index (χ3n) is 6.81. The van der Waals surface area contributed by atoms with E-state index in [4.69, 9.17) is 4.74 Å². The van der Waals surface area contributed by atoms with Gasteiger partial charge in [0.2, 0.25) is 0 Å². The average molecular weight is 494 g/mol. The van der Waals surface area contributed by atoms with E-state index in [1.54, 1.807) is 27.7 Å². The number of hydrogen-bond acceptors (Lipinski definition) is 6. The van der Waals surface area contributed by atoms with Crippen LogP contribution in [0.3, 0.4) is 0 Å². The Hall–Kier alpha value is -3.72. The zero-order chi connectivity index (χ0) is 25.4. The standard InChI is InChI=1S/C26H27N3O5S/c1-25(2,22(31)32)26(3,4)29-21(30)20-14-35-23(27-20)28-24(33)34-13-19-17-11-7-5-9-15(17)16-10-6-8-12-18(16)19/h5-12,14,19H,13H2,1-4H3,(H,29,30)(H,31,32)(H,27,28,33). The number of carbonyl (C=O) groups is 3. The number of amides is 2. The third-order valence-corrected chi connectivity index (χ3v) is 7.57. The Kier molecular flexibility index (Phi) is 6.38. The second kappa shape index (κ2) is 9.14. The van der Waals surface area contributed by atoms with E-state index in [1.807, 2.05) is 36.4 Å². The number of carboxylic acid groups (broad SMARTS) is 1. The van der Waals surface area contributed by atoms with Crippen molar-refractivity contribution in [3.63, 3.8) is 0 Å². The molecule has 0 unspecified atom stereocenters. The maximum atomic E-state index is 12.7. The zero-order valence-electron chi connectivity index (χ0n) is 19.9. The summed E-state index contributed by atoms with van der Waals surface area (Å²) in [5.41, 5.74) is 2.34. The van der Waals surface area contributed by atoms with Gasteiger partial charge in [-0.25, -0.2) is 9.78 Å². The number of nitrogens with zero attached hydrogens (tertiary/aromatic N) is 1. The van der Waals surface area contributed by atoms with Crippen LogP contribution in [-0.2, 0) is 9.53 Å². The molecular formula is C26H27N3O5S. The molecule has 3 aromatic rings.